The molecule has 1 aromatic heterocycles. The van der Waals surface area contributed by atoms with Crippen LogP contribution in [0.1, 0.15) is 11.4 Å². The number of benzene rings is 2. The van der Waals surface area contributed by atoms with Crippen LogP contribution in [0.5, 0.6) is 0 Å². The maximum Gasteiger partial charge on any atom is 0.128 e. The number of alkyl halides is 1. The lowest BCUT2D eigenvalue weighted by atomic mass is 10.1. The molecule has 0 unspecified atom stereocenters. The van der Waals surface area contributed by atoms with E-state index >= 15 is 0 Å². The molecule has 0 aliphatic carbocycles. The molecule has 21 heavy (non-hydrogen) atoms. The van der Waals surface area contributed by atoms with Crippen molar-refractivity contribution in [1.82, 2.24) is 9.55 Å². The molecule has 3 rings (SSSR count). The number of imidazole rings is 1. The van der Waals surface area contributed by atoms with E-state index in [0.717, 1.165) is 22.5 Å². The van der Waals surface area contributed by atoms with Crippen molar-refractivity contribution in [2.24, 2.45) is 0 Å². The quantitative estimate of drug-likeness (QED) is 0.626. The highest BCUT2D eigenvalue weighted by atomic mass is 35.5. The van der Waals surface area contributed by atoms with Crippen LogP contribution < -0.4 is 0 Å². The van der Waals surface area contributed by atoms with Crippen molar-refractivity contribution in [3.63, 3.8) is 0 Å². The zero-order valence-corrected chi connectivity index (χ0v) is 12.9. The molecule has 0 fully saturated rings. The van der Waals surface area contributed by atoms with Crippen molar-refractivity contribution < 1.29 is 4.39 Å². The second-order valence-electron chi connectivity index (χ2n) is 4.82. The maximum atomic E-state index is 13.9. The van der Waals surface area contributed by atoms with E-state index in [-0.39, 0.29) is 5.82 Å². The summed E-state index contributed by atoms with van der Waals surface area (Å²) in [6, 6.07) is 10.5. The summed E-state index contributed by atoms with van der Waals surface area (Å²) in [5.41, 5.74) is 3.04. The van der Waals surface area contributed by atoms with Crippen LogP contribution >= 0.6 is 23.2 Å². The molecule has 3 aromatic rings. The molecule has 0 bridgehead atoms. The summed E-state index contributed by atoms with van der Waals surface area (Å²) in [7, 11) is 0. The van der Waals surface area contributed by atoms with E-state index in [2.05, 4.69) is 4.98 Å². The monoisotopic (exact) mass is 322 g/mol. The molecule has 0 radical (unpaired) electrons. The zero-order valence-electron chi connectivity index (χ0n) is 11.4. The predicted molar refractivity (Wildman–Crippen MR) is 85.2 cm³/mol. The Morgan fingerprint density at radius 3 is 2.81 bits per heavy atom. The first-order valence-electron chi connectivity index (χ1n) is 6.60. The largest absolute Gasteiger partial charge is 0.296 e. The van der Waals surface area contributed by atoms with Crippen LogP contribution in [-0.4, -0.2) is 15.4 Å². The number of aryl methyl sites for hydroxylation is 1. The summed E-state index contributed by atoms with van der Waals surface area (Å²) in [6.45, 7) is 1.76. The van der Waals surface area contributed by atoms with Crippen LogP contribution in [-0.2, 0) is 6.42 Å². The van der Waals surface area contributed by atoms with Gasteiger partial charge >= 0.3 is 0 Å². The third-order valence-corrected chi connectivity index (χ3v) is 3.91. The average molecular weight is 323 g/mol. The number of hydrogen-bond donors (Lipinski definition) is 0. The molecule has 0 N–H and O–H groups in total. The number of fused-ring (bicyclic) bond motifs is 1. The molecule has 0 amide bonds. The summed E-state index contributed by atoms with van der Waals surface area (Å²) in [6.07, 6.45) is 0.601. The van der Waals surface area contributed by atoms with Crippen LogP contribution in [0.25, 0.3) is 16.7 Å². The van der Waals surface area contributed by atoms with Crippen LogP contribution in [0, 0.1) is 12.7 Å². The third kappa shape index (κ3) is 2.52. The minimum Gasteiger partial charge on any atom is -0.296 e. The van der Waals surface area contributed by atoms with Gasteiger partial charge in [0.1, 0.15) is 11.6 Å². The second kappa shape index (κ2) is 5.66. The van der Waals surface area contributed by atoms with Gasteiger partial charge in [-0.25, -0.2) is 9.37 Å². The molecule has 0 spiro atoms. The standard InChI is InChI=1S/C16H13Cl2FN2/c1-10-12(19)3-2-4-14(10)21-15-6-5-11(18)9-13(15)20-16(21)7-8-17/h2-6,9H,7-8H2,1H3. The van der Waals surface area contributed by atoms with Crippen molar-refractivity contribution in [3.8, 4) is 5.69 Å². The van der Waals surface area contributed by atoms with Gasteiger partial charge in [-0.05, 0) is 37.3 Å². The molecule has 0 saturated heterocycles. The molecule has 0 saturated carbocycles. The first-order valence-corrected chi connectivity index (χ1v) is 7.51. The summed E-state index contributed by atoms with van der Waals surface area (Å²) in [4.78, 5) is 4.58. The van der Waals surface area contributed by atoms with Crippen molar-refractivity contribution in [1.29, 1.82) is 0 Å². The van der Waals surface area contributed by atoms with Crippen LogP contribution in [0.2, 0.25) is 5.02 Å². The van der Waals surface area contributed by atoms with E-state index in [1.807, 2.05) is 16.7 Å². The van der Waals surface area contributed by atoms with Gasteiger partial charge in [-0.2, -0.15) is 0 Å². The molecular formula is C16H13Cl2FN2. The summed E-state index contributed by atoms with van der Waals surface area (Å²) >= 11 is 11.9. The van der Waals surface area contributed by atoms with Gasteiger partial charge in [0.05, 0.1) is 16.7 Å². The van der Waals surface area contributed by atoms with Crippen molar-refractivity contribution in [2.45, 2.75) is 13.3 Å². The van der Waals surface area contributed by atoms with Crippen LogP contribution in [0.3, 0.4) is 0 Å². The number of nitrogens with zero attached hydrogens (tertiary/aromatic N) is 2. The number of aromatic nitrogens is 2. The Morgan fingerprint density at radius 2 is 2.05 bits per heavy atom. The highest BCUT2D eigenvalue weighted by Gasteiger charge is 2.15. The molecule has 1 heterocycles. The van der Waals surface area contributed by atoms with Crippen molar-refractivity contribution in [2.75, 3.05) is 5.88 Å². The summed E-state index contributed by atoms with van der Waals surface area (Å²) in [5, 5.41) is 0.625. The van der Waals surface area contributed by atoms with E-state index in [0.29, 0.717) is 22.9 Å². The second-order valence-corrected chi connectivity index (χ2v) is 5.63. The lowest BCUT2D eigenvalue weighted by Gasteiger charge is -2.12. The van der Waals surface area contributed by atoms with Crippen LogP contribution in [0.15, 0.2) is 36.4 Å². The Balaban J connectivity index is 2.33. The van der Waals surface area contributed by atoms with Gasteiger partial charge < -0.3 is 0 Å². The summed E-state index contributed by atoms with van der Waals surface area (Å²) < 4.78 is 15.8. The summed E-state index contributed by atoms with van der Waals surface area (Å²) in [5.74, 6) is 1.02. The van der Waals surface area contributed by atoms with E-state index < -0.39 is 0 Å². The van der Waals surface area contributed by atoms with Crippen molar-refractivity contribution in [3.05, 3.63) is 58.6 Å². The molecular weight excluding hydrogens is 310 g/mol. The smallest absolute Gasteiger partial charge is 0.128 e. The molecule has 0 atom stereocenters. The van der Waals surface area contributed by atoms with Gasteiger partial charge in [-0.1, -0.05) is 17.7 Å². The number of halogens is 3. The lowest BCUT2D eigenvalue weighted by molar-refractivity contribution is 0.616. The van der Waals surface area contributed by atoms with E-state index in [1.54, 1.807) is 25.1 Å². The molecule has 0 aliphatic heterocycles. The number of hydrogen-bond acceptors (Lipinski definition) is 1. The normalized spacial score (nSPS) is 11.2. The van der Waals surface area contributed by atoms with E-state index in [4.69, 9.17) is 23.2 Å². The Hall–Kier alpha value is -1.58. The zero-order chi connectivity index (χ0) is 15.0. The molecule has 0 aliphatic rings. The van der Waals surface area contributed by atoms with Crippen molar-refractivity contribution >= 4 is 34.2 Å². The van der Waals surface area contributed by atoms with Crippen LogP contribution in [0.4, 0.5) is 4.39 Å². The third-order valence-electron chi connectivity index (χ3n) is 3.48. The SMILES string of the molecule is Cc1c(F)cccc1-n1c(CCCl)nc2cc(Cl)ccc21. The minimum absolute atomic E-state index is 0.236. The highest BCUT2D eigenvalue weighted by Crippen LogP contribution is 2.27. The van der Waals surface area contributed by atoms with E-state index in [9.17, 15) is 4.39 Å². The first-order chi connectivity index (χ1) is 10.1. The first kappa shape index (κ1) is 14.4. The Kier molecular flexibility index (Phi) is 3.87. The van der Waals surface area contributed by atoms with Gasteiger partial charge in [0.15, 0.2) is 0 Å². The molecule has 5 heteroatoms. The Bertz CT molecular complexity index is 811. The highest BCUT2D eigenvalue weighted by molar-refractivity contribution is 6.31. The predicted octanol–water partition coefficient (Wildman–Crippen LogP) is 4.91. The lowest BCUT2D eigenvalue weighted by Crippen LogP contribution is -2.05. The van der Waals surface area contributed by atoms with Gasteiger partial charge in [-0.3, -0.25) is 4.57 Å². The molecule has 2 nitrogen and oxygen atoms in total. The molecule has 108 valence electrons. The minimum atomic E-state index is -0.236. The van der Waals surface area contributed by atoms with Gasteiger partial charge in [0.25, 0.3) is 0 Å². The fourth-order valence-electron chi connectivity index (χ4n) is 2.46. The molecule has 2 aromatic carbocycles. The topological polar surface area (TPSA) is 17.8 Å². The van der Waals surface area contributed by atoms with Gasteiger partial charge in [0, 0.05) is 22.9 Å². The van der Waals surface area contributed by atoms with E-state index in [1.165, 1.54) is 6.07 Å². The van der Waals surface area contributed by atoms with Gasteiger partial charge in [0.2, 0.25) is 0 Å². The fraction of sp³-hybridized carbons (Fsp3) is 0.188. The average Bonchev–Trinajstić information content (AvgIpc) is 2.79. The number of rotatable bonds is 3. The fourth-order valence-corrected chi connectivity index (χ4v) is 2.80. The Labute approximate surface area is 132 Å². The Morgan fingerprint density at radius 1 is 1.24 bits per heavy atom. The van der Waals surface area contributed by atoms with Gasteiger partial charge in [-0.15, -0.1) is 11.6 Å². The maximum absolute atomic E-state index is 13.9.